The molecule has 0 bridgehead atoms. The van der Waals surface area contributed by atoms with Crippen LogP contribution in [0.2, 0.25) is 0 Å². The number of hydrogen-bond donors (Lipinski definition) is 2. The minimum Gasteiger partial charge on any atom is -0.383 e. The maximum Gasteiger partial charge on any atom is 0.250 e. The zero-order valence-corrected chi connectivity index (χ0v) is 13.8. The molecule has 0 saturated carbocycles. The fourth-order valence-corrected chi connectivity index (χ4v) is 4.40. The molecule has 8 heteroatoms. The number of hydrogen-bond acceptors (Lipinski definition) is 5. The SMILES string of the molecule is COCCN1C(=O)[C@H]2[C@@H](C1=O)[C@]1(N[C@@H]2C)C(=O)Nc2ccc(F)cc21. The van der Waals surface area contributed by atoms with Crippen molar-refractivity contribution in [2.75, 3.05) is 25.6 Å². The van der Waals surface area contributed by atoms with E-state index in [1.54, 1.807) is 6.92 Å². The van der Waals surface area contributed by atoms with Gasteiger partial charge in [0.1, 0.15) is 11.4 Å². The normalized spacial score (nSPS) is 33.2. The Morgan fingerprint density at radius 2 is 2.04 bits per heavy atom. The lowest BCUT2D eigenvalue weighted by atomic mass is 9.76. The molecule has 2 saturated heterocycles. The second-order valence-electron chi connectivity index (χ2n) is 6.71. The van der Waals surface area contributed by atoms with Gasteiger partial charge in [-0.3, -0.25) is 24.6 Å². The smallest absolute Gasteiger partial charge is 0.250 e. The molecule has 132 valence electrons. The van der Waals surface area contributed by atoms with E-state index in [4.69, 9.17) is 4.74 Å². The van der Waals surface area contributed by atoms with E-state index in [2.05, 4.69) is 10.6 Å². The first kappa shape index (κ1) is 16.2. The van der Waals surface area contributed by atoms with Crippen molar-refractivity contribution in [2.45, 2.75) is 18.5 Å². The van der Waals surface area contributed by atoms with Crippen LogP contribution in [0.4, 0.5) is 10.1 Å². The summed E-state index contributed by atoms with van der Waals surface area (Å²) >= 11 is 0. The molecule has 1 aromatic carbocycles. The van der Waals surface area contributed by atoms with Crippen LogP contribution >= 0.6 is 0 Å². The van der Waals surface area contributed by atoms with Crippen molar-refractivity contribution in [3.63, 3.8) is 0 Å². The third kappa shape index (κ3) is 1.95. The van der Waals surface area contributed by atoms with Gasteiger partial charge in [0.15, 0.2) is 0 Å². The topological polar surface area (TPSA) is 87.7 Å². The molecule has 2 fully saturated rings. The fourth-order valence-electron chi connectivity index (χ4n) is 4.40. The highest BCUT2D eigenvalue weighted by molar-refractivity contribution is 6.15. The largest absolute Gasteiger partial charge is 0.383 e. The van der Waals surface area contributed by atoms with Crippen molar-refractivity contribution < 1.29 is 23.5 Å². The Kier molecular flexibility index (Phi) is 3.45. The molecule has 0 radical (unpaired) electrons. The first-order chi connectivity index (χ1) is 11.9. The molecule has 3 heterocycles. The number of rotatable bonds is 3. The minimum atomic E-state index is -1.42. The molecule has 1 aromatic rings. The molecular weight excluding hydrogens is 329 g/mol. The molecule has 2 N–H and O–H groups in total. The summed E-state index contributed by atoms with van der Waals surface area (Å²) in [5.74, 6) is -3.22. The Hall–Kier alpha value is -2.32. The Morgan fingerprint density at radius 1 is 1.28 bits per heavy atom. The molecule has 7 nitrogen and oxygen atoms in total. The van der Waals surface area contributed by atoms with Crippen LogP contribution in [-0.4, -0.2) is 48.9 Å². The molecule has 1 spiro atoms. The van der Waals surface area contributed by atoms with Gasteiger partial charge in [-0.1, -0.05) is 0 Å². The number of likely N-dealkylation sites (tertiary alicyclic amines) is 1. The van der Waals surface area contributed by atoms with E-state index in [1.165, 1.54) is 25.3 Å². The standard InChI is InChI=1S/C17H18FN3O4/c1-8-12-13(15(23)21(14(12)22)5-6-25-2)17(20-8)10-7-9(18)3-4-11(10)19-16(17)24/h3-4,7-8,12-13,20H,5-6H2,1-2H3,(H,19,24)/t8-,12-,13+,17+/m1/s1. The number of carbonyl (C=O) groups excluding carboxylic acids is 3. The van der Waals surface area contributed by atoms with Gasteiger partial charge < -0.3 is 10.1 Å². The van der Waals surface area contributed by atoms with Crippen molar-refractivity contribution in [2.24, 2.45) is 11.8 Å². The highest BCUT2D eigenvalue weighted by Crippen LogP contribution is 2.52. The molecule has 3 amide bonds. The lowest BCUT2D eigenvalue weighted by Gasteiger charge is -2.29. The number of nitrogens with zero attached hydrogens (tertiary/aromatic N) is 1. The van der Waals surface area contributed by atoms with Crippen LogP contribution in [-0.2, 0) is 24.7 Å². The zero-order chi connectivity index (χ0) is 17.9. The summed E-state index contributed by atoms with van der Waals surface area (Å²) in [6, 6.07) is 3.58. The lowest BCUT2D eigenvalue weighted by Crippen LogP contribution is -2.53. The van der Waals surface area contributed by atoms with E-state index in [0.29, 0.717) is 11.3 Å². The van der Waals surface area contributed by atoms with Crippen LogP contribution in [0.1, 0.15) is 12.5 Å². The van der Waals surface area contributed by atoms with Gasteiger partial charge in [0.25, 0.3) is 0 Å². The Bertz CT molecular complexity index is 798. The first-order valence-corrected chi connectivity index (χ1v) is 8.15. The van der Waals surface area contributed by atoms with E-state index in [9.17, 15) is 18.8 Å². The van der Waals surface area contributed by atoms with Gasteiger partial charge in [0, 0.05) is 24.4 Å². The number of ether oxygens (including phenoxy) is 1. The second kappa shape index (κ2) is 5.34. The molecule has 0 aromatic heterocycles. The molecule has 3 aliphatic heterocycles. The summed E-state index contributed by atoms with van der Waals surface area (Å²) in [4.78, 5) is 39.7. The van der Waals surface area contributed by atoms with Crippen molar-refractivity contribution >= 4 is 23.4 Å². The second-order valence-corrected chi connectivity index (χ2v) is 6.71. The molecule has 4 atom stereocenters. The Balaban J connectivity index is 1.83. The van der Waals surface area contributed by atoms with E-state index in [1.807, 2.05) is 0 Å². The highest BCUT2D eigenvalue weighted by Gasteiger charge is 2.69. The van der Waals surface area contributed by atoms with Gasteiger partial charge in [-0.2, -0.15) is 0 Å². The monoisotopic (exact) mass is 347 g/mol. The summed E-state index contributed by atoms with van der Waals surface area (Å²) in [5.41, 5.74) is -0.579. The van der Waals surface area contributed by atoms with Crippen LogP contribution in [0.5, 0.6) is 0 Å². The Labute approximate surface area is 143 Å². The summed E-state index contributed by atoms with van der Waals surface area (Å²) in [6.45, 7) is 2.13. The molecule has 3 aliphatic rings. The number of nitrogens with one attached hydrogen (secondary N) is 2. The highest BCUT2D eigenvalue weighted by atomic mass is 19.1. The van der Waals surface area contributed by atoms with E-state index < -0.39 is 41.0 Å². The van der Waals surface area contributed by atoms with Crippen molar-refractivity contribution in [1.82, 2.24) is 10.2 Å². The molecular formula is C17H18FN3O4. The molecule has 0 aliphatic carbocycles. The van der Waals surface area contributed by atoms with Crippen LogP contribution in [0.3, 0.4) is 0 Å². The van der Waals surface area contributed by atoms with Gasteiger partial charge in [0.05, 0.1) is 25.0 Å². The van der Waals surface area contributed by atoms with Crippen LogP contribution in [0.25, 0.3) is 0 Å². The number of anilines is 1. The van der Waals surface area contributed by atoms with Crippen LogP contribution in [0.15, 0.2) is 18.2 Å². The third-order valence-electron chi connectivity index (χ3n) is 5.43. The summed E-state index contributed by atoms with van der Waals surface area (Å²) < 4.78 is 18.8. The number of fused-ring (bicyclic) bond motifs is 4. The predicted octanol–water partition coefficient (Wildman–Crippen LogP) is 0.212. The van der Waals surface area contributed by atoms with E-state index >= 15 is 0 Å². The summed E-state index contributed by atoms with van der Waals surface area (Å²) in [6.07, 6.45) is 0. The van der Waals surface area contributed by atoms with Gasteiger partial charge in [0.2, 0.25) is 17.7 Å². The summed E-state index contributed by atoms with van der Waals surface area (Å²) in [7, 11) is 1.49. The molecule has 4 rings (SSSR count). The first-order valence-electron chi connectivity index (χ1n) is 8.15. The maximum atomic E-state index is 13.8. The van der Waals surface area contributed by atoms with Gasteiger partial charge in [-0.05, 0) is 25.1 Å². The Morgan fingerprint density at radius 3 is 2.76 bits per heavy atom. The van der Waals surface area contributed by atoms with Gasteiger partial charge >= 0.3 is 0 Å². The van der Waals surface area contributed by atoms with Crippen molar-refractivity contribution in [3.8, 4) is 0 Å². The third-order valence-corrected chi connectivity index (χ3v) is 5.43. The predicted molar refractivity (Wildman–Crippen MR) is 84.9 cm³/mol. The van der Waals surface area contributed by atoms with E-state index in [-0.39, 0.29) is 19.1 Å². The van der Waals surface area contributed by atoms with Crippen LogP contribution in [0, 0.1) is 17.7 Å². The van der Waals surface area contributed by atoms with Crippen molar-refractivity contribution in [1.29, 1.82) is 0 Å². The number of halogens is 1. The number of carbonyl (C=O) groups is 3. The minimum absolute atomic E-state index is 0.140. The molecule has 0 unspecified atom stereocenters. The quantitative estimate of drug-likeness (QED) is 0.764. The average molecular weight is 347 g/mol. The average Bonchev–Trinajstić information content (AvgIpc) is 3.12. The van der Waals surface area contributed by atoms with Gasteiger partial charge in [-0.25, -0.2) is 4.39 Å². The van der Waals surface area contributed by atoms with Gasteiger partial charge in [-0.15, -0.1) is 0 Å². The van der Waals surface area contributed by atoms with Crippen molar-refractivity contribution in [3.05, 3.63) is 29.6 Å². The number of benzene rings is 1. The summed E-state index contributed by atoms with van der Waals surface area (Å²) in [5, 5.41) is 5.83. The fraction of sp³-hybridized carbons (Fsp3) is 0.471. The maximum absolute atomic E-state index is 13.8. The lowest BCUT2D eigenvalue weighted by molar-refractivity contribution is -0.143. The zero-order valence-electron chi connectivity index (χ0n) is 13.8. The van der Waals surface area contributed by atoms with E-state index in [0.717, 1.165) is 4.90 Å². The number of amides is 3. The number of imide groups is 1. The number of methoxy groups -OCH3 is 1. The molecule has 25 heavy (non-hydrogen) atoms. The van der Waals surface area contributed by atoms with Crippen LogP contribution < -0.4 is 10.6 Å².